The van der Waals surface area contributed by atoms with E-state index < -0.39 is 9.84 Å². The molecular formula is C16H25N3O3S. The van der Waals surface area contributed by atoms with E-state index in [1.54, 1.807) is 19.3 Å². The molecule has 1 atom stereocenters. The van der Waals surface area contributed by atoms with Gasteiger partial charge in [0.15, 0.2) is 9.84 Å². The zero-order chi connectivity index (χ0) is 16.9. The molecule has 7 heteroatoms. The quantitative estimate of drug-likeness (QED) is 0.768. The fourth-order valence-electron chi connectivity index (χ4n) is 2.69. The molecule has 1 saturated heterocycles. The van der Waals surface area contributed by atoms with E-state index in [1.165, 1.54) is 11.3 Å². The zero-order valence-electron chi connectivity index (χ0n) is 13.8. The summed E-state index contributed by atoms with van der Waals surface area (Å²) in [4.78, 5) is 18.2. The number of amides is 1. The van der Waals surface area contributed by atoms with Gasteiger partial charge in [-0.25, -0.2) is 8.42 Å². The number of nitrogens with zero attached hydrogens (tertiary/aromatic N) is 2. The number of pyridine rings is 1. The van der Waals surface area contributed by atoms with E-state index in [0.29, 0.717) is 12.1 Å². The van der Waals surface area contributed by atoms with Crippen LogP contribution in [0.1, 0.15) is 43.1 Å². The maximum absolute atomic E-state index is 12.5. The zero-order valence-corrected chi connectivity index (χ0v) is 14.6. The first-order chi connectivity index (χ1) is 10.9. The minimum Gasteiger partial charge on any atom is -0.385 e. The van der Waals surface area contributed by atoms with E-state index in [-0.39, 0.29) is 23.5 Å². The van der Waals surface area contributed by atoms with Gasteiger partial charge in [-0.05, 0) is 25.0 Å². The Balaban J connectivity index is 1.99. The molecule has 0 bridgehead atoms. The molecule has 1 amide bonds. The number of rotatable bonds is 7. The van der Waals surface area contributed by atoms with Gasteiger partial charge in [-0.15, -0.1) is 0 Å². The van der Waals surface area contributed by atoms with Crippen molar-refractivity contribution >= 4 is 21.4 Å². The van der Waals surface area contributed by atoms with Crippen LogP contribution >= 0.6 is 0 Å². The highest BCUT2D eigenvalue weighted by molar-refractivity contribution is 7.91. The van der Waals surface area contributed by atoms with Crippen molar-refractivity contribution in [2.75, 3.05) is 30.4 Å². The van der Waals surface area contributed by atoms with Gasteiger partial charge in [-0.3, -0.25) is 9.78 Å². The van der Waals surface area contributed by atoms with Crippen LogP contribution in [0.15, 0.2) is 18.3 Å². The third-order valence-corrected chi connectivity index (χ3v) is 5.92. The van der Waals surface area contributed by atoms with Crippen LogP contribution in [0.5, 0.6) is 0 Å². The molecule has 0 spiro atoms. The molecule has 1 aromatic rings. The van der Waals surface area contributed by atoms with Crippen molar-refractivity contribution in [2.45, 2.75) is 38.6 Å². The van der Waals surface area contributed by atoms with Crippen molar-refractivity contribution in [3.05, 3.63) is 24.0 Å². The maximum atomic E-state index is 12.5. The van der Waals surface area contributed by atoms with Crippen molar-refractivity contribution < 1.29 is 13.2 Å². The number of anilines is 1. The lowest BCUT2D eigenvalue weighted by Gasteiger charge is -2.23. The molecule has 1 fully saturated rings. The maximum Gasteiger partial charge on any atom is 0.272 e. The Bertz CT molecular complexity index is 646. The first-order valence-electron chi connectivity index (χ1n) is 8.10. The molecule has 1 unspecified atom stereocenters. The molecule has 1 aliphatic rings. The molecule has 0 aliphatic carbocycles. The number of carbonyl (C=O) groups excluding carboxylic acids is 1. The van der Waals surface area contributed by atoms with Gasteiger partial charge >= 0.3 is 0 Å². The first-order valence-corrected chi connectivity index (χ1v) is 9.92. The number of nitrogens with one attached hydrogen (secondary N) is 1. The van der Waals surface area contributed by atoms with Crippen molar-refractivity contribution in [3.63, 3.8) is 0 Å². The second kappa shape index (κ2) is 7.77. The summed E-state index contributed by atoms with van der Waals surface area (Å²) in [6.45, 7) is 3.02. The van der Waals surface area contributed by atoms with Crippen LogP contribution in [-0.4, -0.2) is 55.3 Å². The normalized spacial score (nSPS) is 19.5. The molecule has 6 nitrogen and oxygen atoms in total. The average molecular weight is 339 g/mol. The Morgan fingerprint density at radius 1 is 1.43 bits per heavy atom. The third kappa shape index (κ3) is 4.92. The molecule has 2 heterocycles. The standard InChI is InChI=1S/C16H25N3O3S/c1-3-4-5-8-17-13-6-9-18-15(11-13)16(20)19(2)14-7-10-23(21,22)12-14/h6,9,11,14H,3-5,7-8,10,12H2,1-2H3,(H,17,18). The van der Waals surface area contributed by atoms with Gasteiger partial charge in [0.2, 0.25) is 0 Å². The highest BCUT2D eigenvalue weighted by atomic mass is 32.2. The highest BCUT2D eigenvalue weighted by Crippen LogP contribution is 2.19. The second-order valence-electron chi connectivity index (χ2n) is 6.04. The number of carbonyl (C=O) groups is 1. The Morgan fingerprint density at radius 3 is 2.87 bits per heavy atom. The van der Waals surface area contributed by atoms with E-state index in [4.69, 9.17) is 0 Å². The van der Waals surface area contributed by atoms with Crippen LogP contribution in [0.3, 0.4) is 0 Å². The minimum absolute atomic E-state index is 0.0458. The van der Waals surface area contributed by atoms with E-state index in [2.05, 4.69) is 17.2 Å². The monoisotopic (exact) mass is 339 g/mol. The summed E-state index contributed by atoms with van der Waals surface area (Å²) in [5, 5.41) is 3.29. The van der Waals surface area contributed by atoms with Crippen molar-refractivity contribution in [3.8, 4) is 0 Å². The number of aromatic nitrogens is 1. The molecule has 128 valence electrons. The fourth-order valence-corrected chi connectivity index (χ4v) is 4.47. The van der Waals surface area contributed by atoms with Crippen LogP contribution in [-0.2, 0) is 9.84 Å². The summed E-state index contributed by atoms with van der Waals surface area (Å²) in [5.41, 5.74) is 1.21. The molecule has 1 N–H and O–H groups in total. The van der Waals surface area contributed by atoms with Crippen molar-refractivity contribution in [1.29, 1.82) is 0 Å². The summed E-state index contributed by atoms with van der Waals surface area (Å²) < 4.78 is 23.1. The van der Waals surface area contributed by atoms with Gasteiger partial charge < -0.3 is 10.2 Å². The van der Waals surface area contributed by atoms with Gasteiger partial charge in [-0.2, -0.15) is 0 Å². The van der Waals surface area contributed by atoms with Gasteiger partial charge in [-0.1, -0.05) is 19.8 Å². The predicted octanol–water partition coefficient (Wildman–Crippen LogP) is 1.94. The number of hydrogen-bond acceptors (Lipinski definition) is 5. The van der Waals surface area contributed by atoms with E-state index in [9.17, 15) is 13.2 Å². The van der Waals surface area contributed by atoms with Gasteiger partial charge in [0.25, 0.3) is 5.91 Å². The smallest absolute Gasteiger partial charge is 0.272 e. The minimum atomic E-state index is -3.01. The number of hydrogen-bond donors (Lipinski definition) is 1. The van der Waals surface area contributed by atoms with Crippen LogP contribution in [0.2, 0.25) is 0 Å². The summed E-state index contributed by atoms with van der Waals surface area (Å²) in [5.74, 6) is -0.0318. The average Bonchev–Trinajstić information content (AvgIpc) is 2.90. The summed E-state index contributed by atoms with van der Waals surface area (Å²) in [6, 6.07) is 3.31. The third-order valence-electron chi connectivity index (χ3n) is 4.16. The molecule has 0 aromatic carbocycles. The molecule has 0 radical (unpaired) electrons. The van der Waals surface area contributed by atoms with Crippen molar-refractivity contribution in [2.24, 2.45) is 0 Å². The van der Waals surface area contributed by atoms with Crippen LogP contribution < -0.4 is 5.32 Å². The highest BCUT2D eigenvalue weighted by Gasteiger charge is 2.33. The Morgan fingerprint density at radius 2 is 2.22 bits per heavy atom. The lowest BCUT2D eigenvalue weighted by Crippen LogP contribution is -2.38. The van der Waals surface area contributed by atoms with E-state index >= 15 is 0 Å². The van der Waals surface area contributed by atoms with E-state index in [0.717, 1.165) is 25.1 Å². The van der Waals surface area contributed by atoms with Gasteiger partial charge in [0, 0.05) is 31.5 Å². The summed E-state index contributed by atoms with van der Waals surface area (Å²) >= 11 is 0. The summed E-state index contributed by atoms with van der Waals surface area (Å²) in [6.07, 6.45) is 5.52. The van der Waals surface area contributed by atoms with E-state index in [1.807, 2.05) is 6.07 Å². The lowest BCUT2D eigenvalue weighted by atomic mass is 10.2. The van der Waals surface area contributed by atoms with Gasteiger partial charge in [0.1, 0.15) is 5.69 Å². The Kier molecular flexibility index (Phi) is 5.98. The molecule has 2 rings (SSSR count). The van der Waals surface area contributed by atoms with Crippen LogP contribution in [0.4, 0.5) is 5.69 Å². The number of unbranched alkanes of at least 4 members (excludes halogenated alkanes) is 2. The number of sulfone groups is 1. The molecule has 0 saturated carbocycles. The SMILES string of the molecule is CCCCCNc1ccnc(C(=O)N(C)C2CCS(=O)(=O)C2)c1. The topological polar surface area (TPSA) is 79.4 Å². The molecule has 23 heavy (non-hydrogen) atoms. The Labute approximate surface area is 138 Å². The second-order valence-corrected chi connectivity index (χ2v) is 8.27. The van der Waals surface area contributed by atoms with Crippen molar-refractivity contribution in [1.82, 2.24) is 9.88 Å². The van der Waals surface area contributed by atoms with Crippen LogP contribution in [0.25, 0.3) is 0 Å². The molecular weight excluding hydrogens is 314 g/mol. The molecule has 1 aliphatic heterocycles. The van der Waals surface area contributed by atoms with Crippen LogP contribution in [0, 0.1) is 0 Å². The lowest BCUT2D eigenvalue weighted by molar-refractivity contribution is 0.0742. The van der Waals surface area contributed by atoms with Gasteiger partial charge in [0.05, 0.1) is 11.5 Å². The predicted molar refractivity (Wildman–Crippen MR) is 91.4 cm³/mol. The Hall–Kier alpha value is -1.63. The molecule has 1 aromatic heterocycles. The first kappa shape index (κ1) is 17.7. The fraction of sp³-hybridized carbons (Fsp3) is 0.625. The largest absolute Gasteiger partial charge is 0.385 e. The summed E-state index contributed by atoms with van der Waals surface area (Å²) in [7, 11) is -1.36.